The minimum atomic E-state index is -4.32. The Balaban J connectivity index is 2.49. The lowest BCUT2D eigenvalue weighted by Gasteiger charge is -2.18. The van der Waals surface area contributed by atoms with E-state index in [1.165, 1.54) is 6.07 Å². The lowest BCUT2D eigenvalue weighted by molar-refractivity contribution is -0.137. The van der Waals surface area contributed by atoms with E-state index in [4.69, 9.17) is 0 Å². The molecule has 6 heteroatoms. The quantitative estimate of drug-likeness (QED) is 0.880. The van der Waals surface area contributed by atoms with Crippen molar-refractivity contribution in [1.29, 1.82) is 0 Å². The summed E-state index contributed by atoms with van der Waals surface area (Å²) in [4.78, 5) is 5.84. The average molecular weight is 261 g/mol. The van der Waals surface area contributed by atoms with Gasteiger partial charge in [-0.2, -0.15) is 13.2 Å². The molecule has 0 bridgehead atoms. The Labute approximate surface area is 105 Å². The number of likely N-dealkylation sites (N-methyl/N-ethyl adjacent to an activating group) is 1. The van der Waals surface area contributed by atoms with Gasteiger partial charge < -0.3 is 10.2 Å². The summed E-state index contributed by atoms with van der Waals surface area (Å²) < 4.78 is 36.9. The predicted molar refractivity (Wildman–Crippen MR) is 64.1 cm³/mol. The lowest BCUT2D eigenvalue weighted by Crippen LogP contribution is -2.35. The zero-order valence-electron chi connectivity index (χ0n) is 10.8. The second-order valence-corrected chi connectivity index (χ2v) is 4.58. The fourth-order valence-electron chi connectivity index (χ4n) is 1.59. The van der Waals surface area contributed by atoms with Crippen molar-refractivity contribution in [3.05, 3.63) is 29.6 Å². The van der Waals surface area contributed by atoms with Crippen LogP contribution in [0.2, 0.25) is 0 Å². The minimum absolute atomic E-state index is 0.254. The van der Waals surface area contributed by atoms with Crippen molar-refractivity contribution in [1.82, 2.24) is 15.2 Å². The first-order valence-electron chi connectivity index (χ1n) is 5.69. The highest BCUT2D eigenvalue weighted by Crippen LogP contribution is 2.28. The van der Waals surface area contributed by atoms with Crippen LogP contribution >= 0.6 is 0 Å². The number of rotatable bonds is 5. The first-order chi connectivity index (χ1) is 8.29. The molecule has 0 fully saturated rings. The van der Waals surface area contributed by atoms with E-state index in [1.54, 1.807) is 0 Å². The van der Waals surface area contributed by atoms with Crippen LogP contribution in [0.3, 0.4) is 0 Å². The molecule has 1 rings (SSSR count). The van der Waals surface area contributed by atoms with Crippen LogP contribution in [0.4, 0.5) is 13.2 Å². The maximum Gasteiger partial charge on any atom is 0.417 e. The largest absolute Gasteiger partial charge is 0.417 e. The SMILES string of the molecule is CC(CN(C)C)NCc1ccc(C(F)(F)F)cn1. The summed E-state index contributed by atoms with van der Waals surface area (Å²) in [5.74, 6) is 0. The maximum absolute atomic E-state index is 12.3. The van der Waals surface area contributed by atoms with Gasteiger partial charge >= 0.3 is 6.18 Å². The van der Waals surface area contributed by atoms with Crippen molar-refractivity contribution in [2.24, 2.45) is 0 Å². The molecule has 3 nitrogen and oxygen atoms in total. The van der Waals surface area contributed by atoms with Gasteiger partial charge in [0.05, 0.1) is 11.3 Å². The number of nitrogens with one attached hydrogen (secondary N) is 1. The van der Waals surface area contributed by atoms with Gasteiger partial charge in [-0.05, 0) is 33.2 Å². The summed E-state index contributed by atoms with van der Waals surface area (Å²) in [7, 11) is 3.93. The van der Waals surface area contributed by atoms with Crippen LogP contribution < -0.4 is 5.32 Å². The topological polar surface area (TPSA) is 28.2 Å². The van der Waals surface area contributed by atoms with Gasteiger partial charge in [0.1, 0.15) is 0 Å². The zero-order valence-corrected chi connectivity index (χ0v) is 10.8. The van der Waals surface area contributed by atoms with E-state index in [0.29, 0.717) is 12.2 Å². The second-order valence-electron chi connectivity index (χ2n) is 4.58. The molecule has 102 valence electrons. The van der Waals surface area contributed by atoms with Crippen LogP contribution in [0.15, 0.2) is 18.3 Å². The van der Waals surface area contributed by atoms with E-state index in [1.807, 2.05) is 25.9 Å². The standard InChI is InChI=1S/C12H18F3N3/c1-9(8-18(2)3)16-7-11-5-4-10(6-17-11)12(13,14)15/h4-6,9,16H,7-8H2,1-3H3. The number of hydrogen-bond acceptors (Lipinski definition) is 3. The van der Waals surface area contributed by atoms with Crippen molar-refractivity contribution >= 4 is 0 Å². The van der Waals surface area contributed by atoms with Gasteiger partial charge in [-0.15, -0.1) is 0 Å². The molecule has 0 aliphatic carbocycles. The predicted octanol–water partition coefficient (Wildman–Crippen LogP) is 2.14. The Bertz CT molecular complexity index is 360. The summed E-state index contributed by atoms with van der Waals surface area (Å²) in [6.45, 7) is 3.35. The Morgan fingerprint density at radius 2 is 2.00 bits per heavy atom. The smallest absolute Gasteiger partial charge is 0.308 e. The number of halogens is 3. The monoisotopic (exact) mass is 261 g/mol. The summed E-state index contributed by atoms with van der Waals surface area (Å²) in [5.41, 5.74) is -0.110. The van der Waals surface area contributed by atoms with Crippen molar-refractivity contribution in [3.8, 4) is 0 Å². The van der Waals surface area contributed by atoms with E-state index in [2.05, 4.69) is 10.3 Å². The molecular formula is C12H18F3N3. The van der Waals surface area contributed by atoms with Gasteiger partial charge in [0, 0.05) is 25.3 Å². The van der Waals surface area contributed by atoms with E-state index in [-0.39, 0.29) is 6.04 Å². The van der Waals surface area contributed by atoms with Crippen LogP contribution in [0.5, 0.6) is 0 Å². The van der Waals surface area contributed by atoms with Gasteiger partial charge in [0.2, 0.25) is 0 Å². The Hall–Kier alpha value is -1.14. The molecule has 0 aliphatic heterocycles. The number of alkyl halides is 3. The molecule has 1 atom stereocenters. The van der Waals surface area contributed by atoms with Crippen molar-refractivity contribution in [2.75, 3.05) is 20.6 Å². The molecule has 18 heavy (non-hydrogen) atoms. The van der Waals surface area contributed by atoms with Crippen LogP contribution in [0, 0.1) is 0 Å². The third kappa shape index (κ3) is 5.01. The van der Waals surface area contributed by atoms with Crippen LogP contribution in [-0.2, 0) is 12.7 Å². The average Bonchev–Trinajstić information content (AvgIpc) is 2.25. The number of aromatic nitrogens is 1. The van der Waals surface area contributed by atoms with Gasteiger partial charge in [-0.1, -0.05) is 0 Å². The number of nitrogens with zero attached hydrogens (tertiary/aromatic N) is 2. The molecule has 0 aromatic carbocycles. The summed E-state index contributed by atoms with van der Waals surface area (Å²) >= 11 is 0. The molecule has 1 aromatic heterocycles. The Morgan fingerprint density at radius 3 is 2.44 bits per heavy atom. The summed E-state index contributed by atoms with van der Waals surface area (Å²) in [6.07, 6.45) is -3.45. The van der Waals surface area contributed by atoms with E-state index in [9.17, 15) is 13.2 Å². The summed E-state index contributed by atoms with van der Waals surface area (Å²) in [6, 6.07) is 2.71. The zero-order chi connectivity index (χ0) is 13.8. The molecule has 0 saturated carbocycles. The third-order valence-corrected chi connectivity index (χ3v) is 2.42. The van der Waals surface area contributed by atoms with Crippen molar-refractivity contribution < 1.29 is 13.2 Å². The lowest BCUT2D eigenvalue weighted by atomic mass is 10.2. The first-order valence-corrected chi connectivity index (χ1v) is 5.69. The maximum atomic E-state index is 12.3. The van der Waals surface area contributed by atoms with Crippen LogP contribution in [0.1, 0.15) is 18.2 Å². The highest BCUT2D eigenvalue weighted by Gasteiger charge is 2.30. The van der Waals surface area contributed by atoms with Crippen molar-refractivity contribution in [3.63, 3.8) is 0 Å². The number of hydrogen-bond donors (Lipinski definition) is 1. The van der Waals surface area contributed by atoms with E-state index >= 15 is 0 Å². The molecule has 0 saturated heterocycles. The summed E-state index contributed by atoms with van der Waals surface area (Å²) in [5, 5.41) is 3.20. The molecule has 1 N–H and O–H groups in total. The van der Waals surface area contributed by atoms with E-state index in [0.717, 1.165) is 18.8 Å². The van der Waals surface area contributed by atoms with E-state index < -0.39 is 11.7 Å². The van der Waals surface area contributed by atoms with Crippen molar-refractivity contribution in [2.45, 2.75) is 25.7 Å². The first kappa shape index (κ1) is 14.9. The molecule has 0 amide bonds. The molecule has 1 unspecified atom stereocenters. The van der Waals surface area contributed by atoms with Gasteiger partial charge in [-0.3, -0.25) is 4.98 Å². The second kappa shape index (κ2) is 6.15. The molecular weight excluding hydrogens is 243 g/mol. The normalized spacial score (nSPS) is 13.9. The fourth-order valence-corrected chi connectivity index (χ4v) is 1.59. The van der Waals surface area contributed by atoms with Crippen LogP contribution in [-0.4, -0.2) is 36.6 Å². The molecule has 0 aliphatic rings. The fraction of sp³-hybridized carbons (Fsp3) is 0.583. The van der Waals surface area contributed by atoms with Crippen LogP contribution in [0.25, 0.3) is 0 Å². The number of pyridine rings is 1. The highest BCUT2D eigenvalue weighted by atomic mass is 19.4. The third-order valence-electron chi connectivity index (χ3n) is 2.42. The van der Waals surface area contributed by atoms with Gasteiger partial charge in [0.15, 0.2) is 0 Å². The van der Waals surface area contributed by atoms with Gasteiger partial charge in [0.25, 0.3) is 0 Å². The Kier molecular flexibility index (Phi) is 5.10. The Morgan fingerprint density at radius 1 is 1.33 bits per heavy atom. The molecule has 0 spiro atoms. The highest BCUT2D eigenvalue weighted by molar-refractivity contribution is 5.16. The molecule has 1 aromatic rings. The minimum Gasteiger partial charge on any atom is -0.308 e. The molecule has 0 radical (unpaired) electrons. The molecule has 1 heterocycles. The van der Waals surface area contributed by atoms with Gasteiger partial charge in [-0.25, -0.2) is 0 Å².